The number of benzene rings is 1. The van der Waals surface area contributed by atoms with Crippen LogP contribution in [0.2, 0.25) is 0 Å². The molecule has 126 valence electrons. The lowest BCUT2D eigenvalue weighted by molar-refractivity contribution is 0.101. The lowest BCUT2D eigenvalue weighted by Gasteiger charge is -2.12. The normalized spacial score (nSPS) is 10.7. The molecule has 0 spiro atoms. The Hall–Kier alpha value is -2.78. The number of rotatable bonds is 4. The van der Waals surface area contributed by atoms with Gasteiger partial charge in [-0.1, -0.05) is 0 Å². The Morgan fingerprint density at radius 1 is 1.32 bits per heavy atom. The molecule has 0 aliphatic rings. The molecular weight excluding hydrogens is 334 g/mol. The van der Waals surface area contributed by atoms with Gasteiger partial charge in [0.15, 0.2) is 5.78 Å². The number of Topliss-reactive ketones (excluding diaryl/α,β-unsaturated/α-hetero) is 1. The molecule has 3 rings (SSSR count). The maximum Gasteiger partial charge on any atom is 0.162 e. The molecule has 0 saturated carbocycles. The number of nitriles is 1. The van der Waals surface area contributed by atoms with Crippen molar-refractivity contribution < 1.29 is 9.53 Å². The fourth-order valence-corrected chi connectivity index (χ4v) is 3.81. The number of methoxy groups -OCH3 is 1. The first kappa shape index (κ1) is 17.1. The summed E-state index contributed by atoms with van der Waals surface area (Å²) in [5, 5.41) is 14.3. The summed E-state index contributed by atoms with van der Waals surface area (Å²) in [6, 6.07) is 11.7. The van der Waals surface area contributed by atoms with E-state index in [0.717, 1.165) is 22.7 Å². The largest absolute Gasteiger partial charge is 0.497 e. The summed E-state index contributed by atoms with van der Waals surface area (Å²) >= 11 is 1.41. The Bertz CT molecular complexity index is 1010. The number of aromatic nitrogens is 2. The molecule has 0 saturated heterocycles. The average Bonchev–Trinajstić information content (AvgIpc) is 3.06. The van der Waals surface area contributed by atoms with E-state index in [9.17, 15) is 10.1 Å². The lowest BCUT2D eigenvalue weighted by Crippen LogP contribution is -2.08. The van der Waals surface area contributed by atoms with Crippen molar-refractivity contribution in [1.29, 1.82) is 5.26 Å². The fourth-order valence-electron chi connectivity index (χ4n) is 2.96. The topological polar surface area (TPSA) is 67.4 Å². The predicted octanol–water partition coefficient (Wildman–Crippen LogP) is 4.11. The van der Waals surface area contributed by atoms with Crippen LogP contribution in [0.25, 0.3) is 16.8 Å². The maximum atomic E-state index is 12.1. The standard InChI is InChI=1S/C19H17N3O2S/c1-11-18(12(2)23)19(25-4)15(10-20)17-9-16(21-22(11)17)13-5-7-14(24-3)8-6-13/h5-9H,1-4H3. The minimum atomic E-state index is -0.0678. The van der Waals surface area contributed by atoms with Gasteiger partial charge in [0.1, 0.15) is 11.8 Å². The number of ether oxygens (including phenoxy) is 1. The first-order valence-corrected chi connectivity index (χ1v) is 8.90. The molecule has 0 radical (unpaired) electrons. The second kappa shape index (κ2) is 6.61. The number of nitrogens with zero attached hydrogens (tertiary/aromatic N) is 3. The van der Waals surface area contributed by atoms with Gasteiger partial charge in [0.2, 0.25) is 0 Å². The highest BCUT2D eigenvalue weighted by molar-refractivity contribution is 7.98. The fraction of sp³-hybridized carbons (Fsp3) is 0.211. The van der Waals surface area contributed by atoms with Gasteiger partial charge in [0.05, 0.1) is 35.1 Å². The summed E-state index contributed by atoms with van der Waals surface area (Å²) in [7, 11) is 1.62. The monoisotopic (exact) mass is 351 g/mol. The third kappa shape index (κ3) is 2.77. The van der Waals surface area contributed by atoms with Crippen LogP contribution in [0.1, 0.15) is 28.5 Å². The van der Waals surface area contributed by atoms with Crippen LogP contribution in [0.15, 0.2) is 35.2 Å². The first-order valence-electron chi connectivity index (χ1n) is 7.67. The lowest BCUT2D eigenvalue weighted by atomic mass is 10.1. The number of fused-ring (bicyclic) bond motifs is 1. The predicted molar refractivity (Wildman–Crippen MR) is 98.4 cm³/mol. The third-order valence-corrected chi connectivity index (χ3v) is 4.97. The summed E-state index contributed by atoms with van der Waals surface area (Å²) in [6.07, 6.45) is 1.87. The van der Waals surface area contributed by atoms with Gasteiger partial charge in [0.25, 0.3) is 0 Å². The zero-order chi connectivity index (χ0) is 18.1. The molecule has 0 unspecified atom stereocenters. The van der Waals surface area contributed by atoms with E-state index in [4.69, 9.17) is 4.74 Å². The van der Waals surface area contributed by atoms with Crippen LogP contribution in [0.5, 0.6) is 5.75 Å². The van der Waals surface area contributed by atoms with Crippen LogP contribution in [-0.2, 0) is 0 Å². The van der Waals surface area contributed by atoms with Crippen LogP contribution in [-0.4, -0.2) is 28.8 Å². The number of pyridine rings is 1. The van der Waals surface area contributed by atoms with Gasteiger partial charge in [-0.05, 0) is 50.4 Å². The van der Waals surface area contributed by atoms with Crippen LogP contribution in [0.4, 0.5) is 0 Å². The Balaban J connectivity index is 2.31. The maximum absolute atomic E-state index is 12.1. The molecule has 0 aliphatic carbocycles. The van der Waals surface area contributed by atoms with E-state index in [0.29, 0.717) is 21.5 Å². The van der Waals surface area contributed by atoms with Crippen LogP contribution >= 0.6 is 11.8 Å². The summed E-state index contributed by atoms with van der Waals surface area (Å²) in [5.41, 5.74) is 4.15. The summed E-state index contributed by atoms with van der Waals surface area (Å²) in [5.74, 6) is 0.701. The molecule has 2 aromatic heterocycles. The molecule has 5 nitrogen and oxygen atoms in total. The van der Waals surface area contributed by atoms with Gasteiger partial charge < -0.3 is 4.74 Å². The van der Waals surface area contributed by atoms with E-state index in [1.54, 1.807) is 11.6 Å². The van der Waals surface area contributed by atoms with Crippen molar-refractivity contribution in [2.75, 3.05) is 13.4 Å². The van der Waals surface area contributed by atoms with Crippen molar-refractivity contribution in [3.05, 3.63) is 47.2 Å². The molecule has 0 aliphatic heterocycles. The number of carbonyl (C=O) groups is 1. The van der Waals surface area contributed by atoms with E-state index in [1.807, 2.05) is 43.5 Å². The molecule has 25 heavy (non-hydrogen) atoms. The number of thioether (sulfide) groups is 1. The van der Waals surface area contributed by atoms with Crippen LogP contribution in [0.3, 0.4) is 0 Å². The van der Waals surface area contributed by atoms with Gasteiger partial charge in [-0.3, -0.25) is 4.79 Å². The number of hydrogen-bond acceptors (Lipinski definition) is 5. The molecule has 0 fully saturated rings. The van der Waals surface area contributed by atoms with E-state index in [-0.39, 0.29) is 5.78 Å². The number of ketones is 1. The third-order valence-electron chi connectivity index (χ3n) is 4.15. The van der Waals surface area contributed by atoms with Crippen molar-refractivity contribution in [2.45, 2.75) is 18.7 Å². The molecular formula is C19H17N3O2S. The zero-order valence-electron chi connectivity index (χ0n) is 14.5. The Labute approximate surface area is 150 Å². The summed E-state index contributed by atoms with van der Waals surface area (Å²) in [4.78, 5) is 12.8. The highest BCUT2D eigenvalue weighted by Gasteiger charge is 2.21. The minimum absolute atomic E-state index is 0.0678. The smallest absolute Gasteiger partial charge is 0.162 e. The molecule has 0 bridgehead atoms. The van der Waals surface area contributed by atoms with E-state index < -0.39 is 0 Å². The van der Waals surface area contributed by atoms with Gasteiger partial charge in [-0.2, -0.15) is 10.4 Å². The molecule has 0 N–H and O–H groups in total. The Morgan fingerprint density at radius 3 is 2.52 bits per heavy atom. The highest BCUT2D eigenvalue weighted by Crippen LogP contribution is 2.33. The highest BCUT2D eigenvalue weighted by atomic mass is 32.2. The van der Waals surface area contributed by atoms with Crippen LogP contribution < -0.4 is 4.74 Å². The number of hydrogen-bond donors (Lipinski definition) is 0. The van der Waals surface area contributed by atoms with Gasteiger partial charge in [-0.15, -0.1) is 11.8 Å². The second-order valence-electron chi connectivity index (χ2n) is 5.59. The van der Waals surface area contributed by atoms with Crippen LogP contribution in [0, 0.1) is 18.3 Å². The zero-order valence-corrected chi connectivity index (χ0v) is 15.3. The van der Waals surface area contributed by atoms with E-state index in [1.165, 1.54) is 18.7 Å². The van der Waals surface area contributed by atoms with Gasteiger partial charge >= 0.3 is 0 Å². The van der Waals surface area contributed by atoms with Crippen molar-refractivity contribution in [1.82, 2.24) is 9.61 Å². The Kier molecular flexibility index (Phi) is 4.51. The number of aryl methyl sites for hydroxylation is 1. The molecule has 2 heterocycles. The average molecular weight is 351 g/mol. The summed E-state index contributed by atoms with van der Waals surface area (Å²) < 4.78 is 6.87. The van der Waals surface area contributed by atoms with E-state index >= 15 is 0 Å². The number of carbonyl (C=O) groups excluding carboxylic acids is 1. The molecule has 6 heteroatoms. The molecule has 0 atom stereocenters. The van der Waals surface area contributed by atoms with E-state index in [2.05, 4.69) is 11.2 Å². The quantitative estimate of drug-likeness (QED) is 0.522. The second-order valence-corrected chi connectivity index (χ2v) is 6.41. The summed E-state index contributed by atoms with van der Waals surface area (Å²) in [6.45, 7) is 3.37. The van der Waals surface area contributed by atoms with Crippen molar-refractivity contribution >= 4 is 23.1 Å². The Morgan fingerprint density at radius 2 is 2.00 bits per heavy atom. The van der Waals surface area contributed by atoms with Gasteiger partial charge in [-0.25, -0.2) is 4.52 Å². The molecule has 3 aromatic rings. The molecule has 1 aromatic carbocycles. The van der Waals surface area contributed by atoms with Crippen molar-refractivity contribution in [2.24, 2.45) is 0 Å². The SMILES string of the molecule is COc1ccc(-c2cc3c(C#N)c(SC)c(C(C)=O)c(C)n3n2)cc1. The molecule has 0 amide bonds. The van der Waals surface area contributed by atoms with Gasteiger partial charge in [0, 0.05) is 10.5 Å². The van der Waals surface area contributed by atoms with Crippen molar-refractivity contribution in [3.63, 3.8) is 0 Å². The van der Waals surface area contributed by atoms with Crippen molar-refractivity contribution in [3.8, 4) is 23.1 Å². The minimum Gasteiger partial charge on any atom is -0.497 e. The first-order chi connectivity index (χ1) is 12.0.